The second-order valence-corrected chi connectivity index (χ2v) is 8.23. The summed E-state index contributed by atoms with van der Waals surface area (Å²) < 4.78 is 6.31. The lowest BCUT2D eigenvalue weighted by atomic mass is 10.2. The average Bonchev–Trinajstić information content (AvgIpc) is 2.82. The van der Waals surface area contributed by atoms with Gasteiger partial charge >= 0.3 is 6.09 Å². The normalized spacial score (nSPS) is 19.2. The first-order valence-electron chi connectivity index (χ1n) is 7.20. The van der Waals surface area contributed by atoms with Gasteiger partial charge in [0, 0.05) is 35.5 Å². The van der Waals surface area contributed by atoms with Crippen LogP contribution >= 0.6 is 27.3 Å². The predicted octanol–water partition coefficient (Wildman–Crippen LogP) is 3.59. The molecule has 1 fully saturated rings. The monoisotopic (exact) mass is 388 g/mol. The van der Waals surface area contributed by atoms with Gasteiger partial charge in [-0.15, -0.1) is 11.3 Å². The highest BCUT2D eigenvalue weighted by Gasteiger charge is 2.32. The van der Waals surface area contributed by atoms with Crippen LogP contribution in [0, 0.1) is 0 Å². The van der Waals surface area contributed by atoms with Gasteiger partial charge in [0.15, 0.2) is 0 Å². The molecule has 22 heavy (non-hydrogen) atoms. The van der Waals surface area contributed by atoms with Crippen LogP contribution in [0.4, 0.5) is 4.79 Å². The van der Waals surface area contributed by atoms with Crippen molar-refractivity contribution in [1.29, 1.82) is 0 Å². The van der Waals surface area contributed by atoms with Crippen molar-refractivity contribution in [3.8, 4) is 0 Å². The second kappa shape index (κ2) is 6.58. The number of thiophene rings is 1. The van der Waals surface area contributed by atoms with Gasteiger partial charge in [-0.2, -0.15) is 0 Å². The molecule has 1 aliphatic heterocycles. The fourth-order valence-electron chi connectivity index (χ4n) is 2.32. The van der Waals surface area contributed by atoms with Crippen molar-refractivity contribution < 1.29 is 14.3 Å². The van der Waals surface area contributed by atoms with E-state index in [4.69, 9.17) is 4.74 Å². The first-order valence-corrected chi connectivity index (χ1v) is 8.87. The zero-order chi connectivity index (χ0) is 16.5. The van der Waals surface area contributed by atoms with E-state index >= 15 is 0 Å². The Balaban J connectivity index is 1.98. The van der Waals surface area contributed by atoms with Gasteiger partial charge in [0.05, 0.1) is 4.88 Å². The van der Waals surface area contributed by atoms with E-state index in [-0.39, 0.29) is 18.0 Å². The van der Waals surface area contributed by atoms with Crippen LogP contribution in [0.3, 0.4) is 0 Å². The standard InChI is InChI=1S/C15H21BrN2O3S/c1-10-8-17(14(20)21-15(2,3)4)5-6-18(10)13(19)12-7-11(16)9-22-12/h7,9-10H,5-6,8H2,1-4H3/t10-/m0/s1. The second-order valence-electron chi connectivity index (χ2n) is 6.40. The molecule has 0 saturated carbocycles. The quantitative estimate of drug-likeness (QED) is 0.738. The predicted molar refractivity (Wildman–Crippen MR) is 90.3 cm³/mol. The summed E-state index contributed by atoms with van der Waals surface area (Å²) in [5.41, 5.74) is -0.503. The number of nitrogens with zero attached hydrogens (tertiary/aromatic N) is 2. The Morgan fingerprint density at radius 3 is 2.55 bits per heavy atom. The number of carbonyl (C=O) groups is 2. The zero-order valence-electron chi connectivity index (χ0n) is 13.3. The number of rotatable bonds is 1. The highest BCUT2D eigenvalue weighted by atomic mass is 79.9. The summed E-state index contributed by atoms with van der Waals surface area (Å²) in [5, 5.41) is 1.90. The maximum atomic E-state index is 12.5. The third kappa shape index (κ3) is 4.23. The van der Waals surface area contributed by atoms with Gasteiger partial charge < -0.3 is 14.5 Å². The summed E-state index contributed by atoms with van der Waals surface area (Å²) in [5.74, 6) is 0.0204. The minimum Gasteiger partial charge on any atom is -0.444 e. The third-order valence-electron chi connectivity index (χ3n) is 3.32. The number of piperazine rings is 1. The lowest BCUT2D eigenvalue weighted by molar-refractivity contribution is 0.00626. The van der Waals surface area contributed by atoms with E-state index in [1.807, 2.05) is 44.0 Å². The molecule has 0 N–H and O–H groups in total. The molecule has 1 aliphatic rings. The number of hydrogen-bond donors (Lipinski definition) is 0. The molecule has 0 aliphatic carbocycles. The topological polar surface area (TPSA) is 49.9 Å². The van der Waals surface area contributed by atoms with Crippen LogP contribution in [0.5, 0.6) is 0 Å². The summed E-state index contributed by atoms with van der Waals surface area (Å²) in [6.07, 6.45) is -0.315. The van der Waals surface area contributed by atoms with E-state index in [1.54, 1.807) is 4.90 Å². The van der Waals surface area contributed by atoms with Crippen molar-refractivity contribution in [2.45, 2.75) is 39.3 Å². The van der Waals surface area contributed by atoms with Crippen LogP contribution in [0.1, 0.15) is 37.4 Å². The molecule has 1 atom stereocenters. The molecular weight excluding hydrogens is 368 g/mol. The van der Waals surface area contributed by atoms with Gasteiger partial charge in [-0.1, -0.05) is 0 Å². The molecule has 122 valence electrons. The third-order valence-corrected chi connectivity index (χ3v) is 5.00. The molecule has 2 amide bonds. The molecule has 0 aromatic carbocycles. The minimum atomic E-state index is -0.503. The first-order chi connectivity index (χ1) is 10.2. The summed E-state index contributed by atoms with van der Waals surface area (Å²) in [7, 11) is 0. The summed E-state index contributed by atoms with van der Waals surface area (Å²) in [6, 6.07) is 1.80. The van der Waals surface area contributed by atoms with Crippen LogP contribution in [0.2, 0.25) is 0 Å². The number of hydrogen-bond acceptors (Lipinski definition) is 4. The Hall–Kier alpha value is -1.08. The van der Waals surface area contributed by atoms with Gasteiger partial charge in [0.2, 0.25) is 0 Å². The molecule has 0 bridgehead atoms. The highest BCUT2D eigenvalue weighted by molar-refractivity contribution is 9.10. The van der Waals surface area contributed by atoms with E-state index < -0.39 is 5.60 Å². The van der Waals surface area contributed by atoms with Crippen molar-refractivity contribution in [1.82, 2.24) is 9.80 Å². The Morgan fingerprint density at radius 2 is 2.05 bits per heavy atom. The van der Waals surface area contributed by atoms with Crippen LogP contribution < -0.4 is 0 Å². The maximum Gasteiger partial charge on any atom is 0.410 e. The maximum absolute atomic E-state index is 12.5. The molecule has 0 unspecified atom stereocenters. The van der Waals surface area contributed by atoms with Crippen LogP contribution in [-0.4, -0.2) is 53.1 Å². The fraction of sp³-hybridized carbons (Fsp3) is 0.600. The van der Waals surface area contributed by atoms with Gasteiger partial charge in [0.1, 0.15) is 5.60 Å². The number of ether oxygens (including phenoxy) is 1. The molecule has 2 heterocycles. The molecule has 0 spiro atoms. The van der Waals surface area contributed by atoms with Crippen LogP contribution in [-0.2, 0) is 4.74 Å². The van der Waals surface area contributed by atoms with Gasteiger partial charge in [-0.3, -0.25) is 4.79 Å². The SMILES string of the molecule is C[C@H]1CN(C(=O)OC(C)(C)C)CCN1C(=O)c1cc(Br)cs1. The van der Waals surface area contributed by atoms with Gasteiger partial charge in [-0.25, -0.2) is 4.79 Å². The molecule has 5 nitrogen and oxygen atoms in total. The van der Waals surface area contributed by atoms with Crippen molar-refractivity contribution in [3.05, 3.63) is 20.8 Å². The van der Waals surface area contributed by atoms with E-state index in [0.29, 0.717) is 24.5 Å². The minimum absolute atomic E-state index is 0.0204. The lowest BCUT2D eigenvalue weighted by Crippen LogP contribution is -2.56. The van der Waals surface area contributed by atoms with Gasteiger partial charge in [-0.05, 0) is 49.7 Å². The molecule has 1 saturated heterocycles. The van der Waals surface area contributed by atoms with Crippen molar-refractivity contribution >= 4 is 39.3 Å². The van der Waals surface area contributed by atoms with Crippen molar-refractivity contribution in [2.75, 3.05) is 19.6 Å². The number of carbonyl (C=O) groups excluding carboxylic acids is 2. The fourth-order valence-corrected chi connectivity index (χ4v) is 3.70. The van der Waals surface area contributed by atoms with E-state index in [2.05, 4.69) is 15.9 Å². The molecule has 7 heteroatoms. The lowest BCUT2D eigenvalue weighted by Gasteiger charge is -2.40. The van der Waals surface area contributed by atoms with Crippen molar-refractivity contribution in [3.63, 3.8) is 0 Å². The first kappa shape index (κ1) is 17.3. The Kier molecular flexibility index (Phi) is 5.17. The Morgan fingerprint density at radius 1 is 1.36 bits per heavy atom. The largest absolute Gasteiger partial charge is 0.444 e. The van der Waals surface area contributed by atoms with E-state index in [0.717, 1.165) is 4.47 Å². The molecular formula is C15H21BrN2O3S. The van der Waals surface area contributed by atoms with Crippen LogP contribution in [0.25, 0.3) is 0 Å². The highest BCUT2D eigenvalue weighted by Crippen LogP contribution is 2.23. The van der Waals surface area contributed by atoms with Crippen LogP contribution in [0.15, 0.2) is 15.9 Å². The Labute approximate surface area is 143 Å². The molecule has 1 aromatic rings. The molecule has 0 radical (unpaired) electrons. The summed E-state index contributed by atoms with van der Waals surface area (Å²) in [4.78, 5) is 28.8. The number of amides is 2. The zero-order valence-corrected chi connectivity index (χ0v) is 15.7. The molecule has 2 rings (SSSR count). The summed E-state index contributed by atoms with van der Waals surface area (Å²) in [6.45, 7) is 9.02. The number of halogens is 1. The van der Waals surface area contributed by atoms with Gasteiger partial charge in [0.25, 0.3) is 5.91 Å². The summed E-state index contributed by atoms with van der Waals surface area (Å²) >= 11 is 4.79. The van der Waals surface area contributed by atoms with E-state index in [9.17, 15) is 9.59 Å². The Bertz CT molecular complexity index is 567. The van der Waals surface area contributed by atoms with E-state index in [1.165, 1.54) is 11.3 Å². The molecule has 1 aromatic heterocycles. The average molecular weight is 389 g/mol. The van der Waals surface area contributed by atoms with Crippen molar-refractivity contribution in [2.24, 2.45) is 0 Å². The smallest absolute Gasteiger partial charge is 0.410 e.